The number of imidazole rings is 1. The van der Waals surface area contributed by atoms with Gasteiger partial charge in [-0.25, -0.2) is 9.61 Å². The molecule has 10 nitrogen and oxygen atoms in total. The zero-order valence-electron chi connectivity index (χ0n) is 17.8. The molecule has 1 fully saturated rings. The summed E-state index contributed by atoms with van der Waals surface area (Å²) < 4.78 is 12.9. The fraction of sp³-hybridized carbons (Fsp3) is 0.524. The second-order valence-corrected chi connectivity index (χ2v) is 8.06. The van der Waals surface area contributed by atoms with E-state index in [1.807, 2.05) is 11.5 Å². The molecule has 4 heterocycles. The van der Waals surface area contributed by atoms with Crippen molar-refractivity contribution in [3.63, 3.8) is 0 Å². The molecule has 0 amide bonds. The van der Waals surface area contributed by atoms with Crippen molar-refractivity contribution in [1.29, 1.82) is 0 Å². The van der Waals surface area contributed by atoms with Gasteiger partial charge in [0.25, 0.3) is 0 Å². The number of nitrogens with zero attached hydrogens (tertiary/aromatic N) is 5. The van der Waals surface area contributed by atoms with Crippen molar-refractivity contribution in [2.45, 2.75) is 45.3 Å². The van der Waals surface area contributed by atoms with Gasteiger partial charge in [0.2, 0.25) is 0 Å². The van der Waals surface area contributed by atoms with E-state index >= 15 is 0 Å². The van der Waals surface area contributed by atoms with Crippen LogP contribution in [0.4, 0.5) is 5.82 Å². The Hall–Kier alpha value is -3.16. The Morgan fingerprint density at radius 1 is 1.48 bits per heavy atom. The summed E-state index contributed by atoms with van der Waals surface area (Å²) in [4.78, 5) is 9.28. The number of nitrogens with two attached hydrogens (primary N) is 1. The lowest BCUT2D eigenvalue weighted by atomic mass is 10.00. The molecule has 3 aromatic heterocycles. The average molecular weight is 425 g/mol. The molecule has 1 aliphatic rings. The van der Waals surface area contributed by atoms with Crippen molar-refractivity contribution in [3.8, 4) is 29.6 Å². The van der Waals surface area contributed by atoms with E-state index in [1.165, 1.54) is 0 Å². The van der Waals surface area contributed by atoms with Crippen molar-refractivity contribution in [1.82, 2.24) is 30.2 Å². The molecule has 0 aromatic carbocycles. The monoisotopic (exact) mass is 425 g/mol. The van der Waals surface area contributed by atoms with Crippen LogP contribution in [0, 0.1) is 18.3 Å². The minimum absolute atomic E-state index is 0.138. The van der Waals surface area contributed by atoms with Crippen molar-refractivity contribution in [2.75, 3.05) is 25.4 Å². The summed E-state index contributed by atoms with van der Waals surface area (Å²) in [7, 11) is 0. The predicted molar refractivity (Wildman–Crippen MR) is 115 cm³/mol. The van der Waals surface area contributed by atoms with Crippen LogP contribution in [-0.2, 0) is 13.0 Å². The number of aryl methyl sites for hydroxylation is 1. The Bertz CT molecular complexity index is 1110. The molecule has 1 aliphatic heterocycles. The van der Waals surface area contributed by atoms with Crippen LogP contribution in [-0.4, -0.2) is 55.3 Å². The number of nitrogen functional groups attached to an aromatic ring is 1. The number of ether oxygens (including phenoxy) is 1. The van der Waals surface area contributed by atoms with Crippen molar-refractivity contribution in [2.24, 2.45) is 5.92 Å². The standard InChI is InChI=1S/C21H27N7O3/c1-4-21(3,29)9-14-16-18(15(11-24-14)30-12-13-7-6-8-23-10-13)28(5-2)20(25-16)17-19(22)27-31-26-17/h1,11,13,23,29H,5-10,12H2,2-3H3,(H2,22,27). The van der Waals surface area contributed by atoms with E-state index in [0.717, 1.165) is 31.4 Å². The Balaban J connectivity index is 1.81. The fourth-order valence-electron chi connectivity index (χ4n) is 3.89. The summed E-state index contributed by atoms with van der Waals surface area (Å²) in [6.07, 6.45) is 9.55. The lowest BCUT2D eigenvalue weighted by Gasteiger charge is -2.23. The molecule has 0 saturated carbocycles. The number of rotatable bonds is 7. The Labute approximate surface area is 180 Å². The smallest absolute Gasteiger partial charge is 0.199 e. The number of fused-ring (bicyclic) bond motifs is 1. The third kappa shape index (κ3) is 4.19. The molecule has 0 bridgehead atoms. The van der Waals surface area contributed by atoms with Crippen molar-refractivity contribution < 1.29 is 14.5 Å². The van der Waals surface area contributed by atoms with Gasteiger partial charge < -0.3 is 25.5 Å². The Morgan fingerprint density at radius 2 is 2.32 bits per heavy atom. The van der Waals surface area contributed by atoms with E-state index in [-0.39, 0.29) is 12.2 Å². The summed E-state index contributed by atoms with van der Waals surface area (Å²) in [5.41, 5.74) is 6.81. The quantitative estimate of drug-likeness (QED) is 0.479. The number of aromatic nitrogens is 5. The van der Waals surface area contributed by atoms with Crippen LogP contribution in [0.1, 0.15) is 32.4 Å². The number of piperidine rings is 1. The summed E-state index contributed by atoms with van der Waals surface area (Å²) in [5.74, 6) is 4.08. The average Bonchev–Trinajstić information content (AvgIpc) is 3.37. The third-order valence-electron chi connectivity index (χ3n) is 5.55. The van der Waals surface area contributed by atoms with E-state index < -0.39 is 5.60 Å². The summed E-state index contributed by atoms with van der Waals surface area (Å²) >= 11 is 0. The van der Waals surface area contributed by atoms with Crippen LogP contribution in [0.15, 0.2) is 10.8 Å². The van der Waals surface area contributed by atoms with Gasteiger partial charge in [0.05, 0.1) is 18.5 Å². The minimum Gasteiger partial charge on any atom is -0.489 e. The molecule has 4 N–H and O–H groups in total. The van der Waals surface area contributed by atoms with Crippen LogP contribution >= 0.6 is 0 Å². The Morgan fingerprint density at radius 3 is 2.97 bits per heavy atom. The van der Waals surface area contributed by atoms with Crippen molar-refractivity contribution >= 4 is 16.9 Å². The first-order chi connectivity index (χ1) is 14.9. The lowest BCUT2D eigenvalue weighted by Crippen LogP contribution is -2.33. The first kappa shape index (κ1) is 21.1. The lowest BCUT2D eigenvalue weighted by molar-refractivity contribution is 0.122. The van der Waals surface area contributed by atoms with Crippen LogP contribution in [0.3, 0.4) is 0 Å². The maximum Gasteiger partial charge on any atom is 0.199 e. The van der Waals surface area contributed by atoms with Gasteiger partial charge in [-0.15, -0.1) is 6.42 Å². The highest BCUT2D eigenvalue weighted by Gasteiger charge is 2.27. The van der Waals surface area contributed by atoms with E-state index in [9.17, 15) is 5.11 Å². The molecule has 3 aromatic rings. The highest BCUT2D eigenvalue weighted by molar-refractivity contribution is 5.88. The molecular weight excluding hydrogens is 398 g/mol. The van der Waals surface area contributed by atoms with Gasteiger partial charge in [0.1, 0.15) is 16.6 Å². The third-order valence-corrected chi connectivity index (χ3v) is 5.55. The van der Waals surface area contributed by atoms with Gasteiger partial charge in [0.15, 0.2) is 23.1 Å². The SMILES string of the molecule is C#CC(C)(O)Cc1ncc(OCC2CCCNC2)c2c1nc(-c1nonc1N)n2CC. The minimum atomic E-state index is -1.36. The molecule has 1 saturated heterocycles. The second kappa shape index (κ2) is 8.53. The predicted octanol–water partition coefficient (Wildman–Crippen LogP) is 1.39. The topological polar surface area (TPSA) is 137 Å². The first-order valence-corrected chi connectivity index (χ1v) is 10.4. The number of pyridine rings is 1. The van der Waals surface area contributed by atoms with Gasteiger partial charge >= 0.3 is 0 Å². The number of hydrogen-bond acceptors (Lipinski definition) is 9. The maximum absolute atomic E-state index is 10.4. The zero-order valence-corrected chi connectivity index (χ0v) is 17.8. The molecule has 0 spiro atoms. The highest BCUT2D eigenvalue weighted by Crippen LogP contribution is 2.34. The molecule has 2 atom stereocenters. The van der Waals surface area contributed by atoms with Gasteiger partial charge in [-0.1, -0.05) is 5.92 Å². The van der Waals surface area contributed by atoms with Crippen LogP contribution in [0.2, 0.25) is 0 Å². The van der Waals surface area contributed by atoms with Crippen LogP contribution < -0.4 is 15.8 Å². The number of aliphatic hydroxyl groups is 1. The Kier molecular flexibility index (Phi) is 5.80. The summed E-state index contributed by atoms with van der Waals surface area (Å²) in [6, 6.07) is 0. The number of anilines is 1. The van der Waals surface area contributed by atoms with Gasteiger partial charge in [-0.05, 0) is 43.5 Å². The van der Waals surface area contributed by atoms with E-state index in [0.29, 0.717) is 47.5 Å². The highest BCUT2D eigenvalue weighted by atomic mass is 16.6. The number of terminal acetylenes is 1. The molecule has 10 heteroatoms. The fourth-order valence-corrected chi connectivity index (χ4v) is 3.89. The normalized spacial score (nSPS) is 18.6. The number of hydrogen-bond donors (Lipinski definition) is 3. The molecule has 164 valence electrons. The van der Waals surface area contributed by atoms with Gasteiger partial charge in [0, 0.05) is 25.4 Å². The van der Waals surface area contributed by atoms with Crippen molar-refractivity contribution in [3.05, 3.63) is 11.9 Å². The van der Waals surface area contributed by atoms with E-state index in [4.69, 9.17) is 26.5 Å². The van der Waals surface area contributed by atoms with E-state index in [2.05, 4.69) is 26.5 Å². The second-order valence-electron chi connectivity index (χ2n) is 8.06. The largest absolute Gasteiger partial charge is 0.489 e. The first-order valence-electron chi connectivity index (χ1n) is 10.4. The van der Waals surface area contributed by atoms with Gasteiger partial charge in [-0.3, -0.25) is 4.98 Å². The van der Waals surface area contributed by atoms with Crippen LogP contribution in [0.5, 0.6) is 5.75 Å². The summed E-state index contributed by atoms with van der Waals surface area (Å²) in [5, 5.41) is 21.4. The van der Waals surface area contributed by atoms with Gasteiger partial charge in [-0.2, -0.15) is 0 Å². The molecule has 0 radical (unpaired) electrons. The molecular formula is C21H27N7O3. The van der Waals surface area contributed by atoms with E-state index in [1.54, 1.807) is 13.1 Å². The molecule has 31 heavy (non-hydrogen) atoms. The summed E-state index contributed by atoms with van der Waals surface area (Å²) in [6.45, 7) is 6.68. The molecule has 4 rings (SSSR count). The number of nitrogens with one attached hydrogen (secondary N) is 1. The molecule has 0 aliphatic carbocycles. The maximum atomic E-state index is 10.4. The zero-order chi connectivity index (χ0) is 22.0. The van der Waals surface area contributed by atoms with Crippen LogP contribution in [0.25, 0.3) is 22.6 Å². The molecule has 2 unspecified atom stereocenters.